The number of nitrogens with zero attached hydrogens (tertiary/aromatic N) is 4. The first-order chi connectivity index (χ1) is 13.5. The molecule has 0 radical (unpaired) electrons. The maximum Gasteiger partial charge on any atom is 0.283 e. The van der Waals surface area contributed by atoms with Crippen LogP contribution in [-0.2, 0) is 0 Å². The molecule has 2 heterocycles. The molecule has 0 saturated heterocycles. The van der Waals surface area contributed by atoms with Crippen molar-refractivity contribution in [1.29, 1.82) is 0 Å². The van der Waals surface area contributed by atoms with E-state index in [0.29, 0.717) is 12.1 Å². The van der Waals surface area contributed by atoms with Gasteiger partial charge in [0.1, 0.15) is 5.82 Å². The van der Waals surface area contributed by atoms with Crippen LogP contribution in [0.25, 0.3) is 17.0 Å². The molecule has 140 valence electrons. The number of rotatable bonds is 4. The van der Waals surface area contributed by atoms with Gasteiger partial charge < -0.3 is 4.90 Å². The number of thioether (sulfide) groups is 1. The van der Waals surface area contributed by atoms with E-state index < -0.39 is 9.85 Å². The third kappa shape index (κ3) is 3.05. The van der Waals surface area contributed by atoms with Crippen molar-refractivity contribution in [3.8, 4) is 0 Å². The van der Waals surface area contributed by atoms with Crippen molar-refractivity contribution in [3.05, 3.63) is 79.4 Å². The summed E-state index contributed by atoms with van der Waals surface area (Å²) in [6.07, 6.45) is 1.68. The highest BCUT2D eigenvalue weighted by molar-refractivity contribution is 8.03. The minimum Gasteiger partial charge on any atom is -0.320 e. The van der Waals surface area contributed by atoms with Crippen LogP contribution in [0.3, 0.4) is 0 Å². The van der Waals surface area contributed by atoms with E-state index in [2.05, 4.69) is 6.07 Å². The fraction of sp³-hybridized carbons (Fsp3) is 0.105. The number of pyridine rings is 1. The zero-order chi connectivity index (χ0) is 19.8. The van der Waals surface area contributed by atoms with E-state index in [9.17, 15) is 20.2 Å². The SMILES string of the molecule is CCN1/C(=C/c2ccc([N+](=O)[O-])cc2[N+](=O)[O-])Sc2cc3ccccc3nc21. The lowest BCUT2D eigenvalue weighted by Gasteiger charge is -2.17. The summed E-state index contributed by atoms with van der Waals surface area (Å²) in [6.45, 7) is 2.61. The summed E-state index contributed by atoms with van der Waals surface area (Å²) in [5, 5.41) is 24.2. The normalized spacial score (nSPS) is 14.5. The Hall–Kier alpha value is -3.46. The average molecular weight is 394 g/mol. The van der Waals surface area contributed by atoms with Crippen molar-refractivity contribution >= 4 is 45.9 Å². The fourth-order valence-corrected chi connectivity index (χ4v) is 4.27. The van der Waals surface area contributed by atoms with Gasteiger partial charge in [0.15, 0.2) is 0 Å². The molecule has 1 aliphatic heterocycles. The largest absolute Gasteiger partial charge is 0.320 e. The molecular formula is C19H14N4O4S. The Morgan fingerprint density at radius 1 is 1.11 bits per heavy atom. The zero-order valence-electron chi connectivity index (χ0n) is 14.7. The Morgan fingerprint density at radius 3 is 2.61 bits per heavy atom. The topological polar surface area (TPSA) is 102 Å². The highest BCUT2D eigenvalue weighted by atomic mass is 32.2. The van der Waals surface area contributed by atoms with Gasteiger partial charge in [0.25, 0.3) is 11.4 Å². The molecule has 4 rings (SSSR count). The Balaban J connectivity index is 1.81. The molecule has 0 aliphatic carbocycles. The predicted octanol–water partition coefficient (Wildman–Crippen LogP) is 4.98. The van der Waals surface area contributed by atoms with Gasteiger partial charge in [0.05, 0.1) is 36.9 Å². The van der Waals surface area contributed by atoms with E-state index in [-0.39, 0.29) is 11.4 Å². The second-order valence-corrected chi connectivity index (χ2v) is 7.15. The van der Waals surface area contributed by atoms with Crippen LogP contribution in [0.4, 0.5) is 17.2 Å². The molecule has 0 atom stereocenters. The molecular weight excluding hydrogens is 380 g/mol. The number of benzene rings is 2. The Kier molecular flexibility index (Phi) is 4.44. The van der Waals surface area contributed by atoms with E-state index in [0.717, 1.165) is 32.7 Å². The number of hydrogen-bond donors (Lipinski definition) is 0. The second kappa shape index (κ2) is 6.93. The molecule has 0 bridgehead atoms. The van der Waals surface area contributed by atoms with Crippen LogP contribution >= 0.6 is 11.8 Å². The quantitative estimate of drug-likeness (QED) is 0.454. The molecule has 1 aliphatic rings. The lowest BCUT2D eigenvalue weighted by molar-refractivity contribution is -0.394. The number of non-ortho nitro benzene ring substituents is 1. The van der Waals surface area contributed by atoms with E-state index in [1.54, 1.807) is 6.08 Å². The summed E-state index contributed by atoms with van der Waals surface area (Å²) in [5.74, 6) is 0.807. The van der Waals surface area contributed by atoms with Crippen molar-refractivity contribution in [1.82, 2.24) is 4.98 Å². The lowest BCUT2D eigenvalue weighted by atomic mass is 10.1. The van der Waals surface area contributed by atoms with Crippen molar-refractivity contribution in [3.63, 3.8) is 0 Å². The summed E-state index contributed by atoms with van der Waals surface area (Å²) in [5.41, 5.74) is 0.584. The maximum absolute atomic E-state index is 11.4. The fourth-order valence-electron chi connectivity index (χ4n) is 3.10. The standard InChI is InChI=1S/C19H14N4O4S/c1-2-21-18(10-13-7-8-14(22(24)25)11-16(13)23(26)27)28-17-9-12-5-3-4-6-15(12)20-19(17)21/h3-11H,2H2,1H3/b18-10-. The maximum atomic E-state index is 11.4. The molecule has 0 amide bonds. The summed E-state index contributed by atoms with van der Waals surface area (Å²) >= 11 is 1.48. The third-order valence-corrected chi connectivity index (χ3v) is 5.49. The second-order valence-electron chi connectivity index (χ2n) is 6.09. The van der Waals surface area contributed by atoms with Crippen LogP contribution in [0.15, 0.2) is 58.5 Å². The number of anilines is 1. The Bertz CT molecular complexity index is 1160. The number of para-hydroxylation sites is 1. The number of nitro benzene ring substituents is 2. The molecule has 0 unspecified atom stereocenters. The average Bonchev–Trinajstić information content (AvgIpc) is 3.01. The molecule has 0 N–H and O–H groups in total. The lowest BCUT2D eigenvalue weighted by Crippen LogP contribution is -2.17. The van der Waals surface area contributed by atoms with Crippen molar-refractivity contribution in [2.24, 2.45) is 0 Å². The number of aromatic nitrogens is 1. The molecule has 2 aromatic carbocycles. The van der Waals surface area contributed by atoms with Crippen LogP contribution in [0.2, 0.25) is 0 Å². The van der Waals surface area contributed by atoms with Crippen LogP contribution in [0.1, 0.15) is 12.5 Å². The van der Waals surface area contributed by atoms with Crippen LogP contribution < -0.4 is 4.90 Å². The van der Waals surface area contributed by atoms with Gasteiger partial charge in [-0.1, -0.05) is 30.0 Å². The highest BCUT2D eigenvalue weighted by Crippen LogP contribution is 2.47. The zero-order valence-corrected chi connectivity index (χ0v) is 15.5. The van der Waals surface area contributed by atoms with Gasteiger partial charge in [-0.15, -0.1) is 0 Å². The van der Waals surface area contributed by atoms with E-state index in [4.69, 9.17) is 4.98 Å². The Morgan fingerprint density at radius 2 is 1.89 bits per heavy atom. The molecule has 9 heteroatoms. The molecule has 0 saturated carbocycles. The molecule has 1 aromatic heterocycles. The summed E-state index contributed by atoms with van der Waals surface area (Å²) < 4.78 is 0. The van der Waals surface area contributed by atoms with Gasteiger partial charge in [-0.3, -0.25) is 20.2 Å². The summed E-state index contributed by atoms with van der Waals surface area (Å²) in [7, 11) is 0. The molecule has 0 spiro atoms. The van der Waals surface area contributed by atoms with Crippen molar-refractivity contribution < 1.29 is 9.85 Å². The summed E-state index contributed by atoms with van der Waals surface area (Å²) in [6, 6.07) is 13.5. The van der Waals surface area contributed by atoms with Gasteiger partial charge in [-0.2, -0.15) is 0 Å². The molecule has 3 aromatic rings. The van der Waals surface area contributed by atoms with Crippen molar-refractivity contribution in [2.75, 3.05) is 11.4 Å². The monoisotopic (exact) mass is 394 g/mol. The highest BCUT2D eigenvalue weighted by Gasteiger charge is 2.27. The predicted molar refractivity (Wildman–Crippen MR) is 108 cm³/mol. The summed E-state index contributed by atoms with van der Waals surface area (Å²) in [4.78, 5) is 28.8. The first-order valence-electron chi connectivity index (χ1n) is 8.47. The van der Waals surface area contributed by atoms with E-state index >= 15 is 0 Å². The van der Waals surface area contributed by atoms with Gasteiger partial charge in [-0.25, -0.2) is 4.98 Å². The van der Waals surface area contributed by atoms with Crippen LogP contribution in [0.5, 0.6) is 0 Å². The Labute approximate surface area is 163 Å². The molecule has 8 nitrogen and oxygen atoms in total. The molecule has 0 fully saturated rings. The van der Waals surface area contributed by atoms with Crippen molar-refractivity contribution in [2.45, 2.75) is 11.8 Å². The van der Waals surface area contributed by atoms with Gasteiger partial charge in [0.2, 0.25) is 0 Å². The van der Waals surface area contributed by atoms with E-state index in [1.807, 2.05) is 36.1 Å². The number of fused-ring (bicyclic) bond motifs is 2. The number of hydrogen-bond acceptors (Lipinski definition) is 7. The van der Waals surface area contributed by atoms with Crippen LogP contribution in [-0.4, -0.2) is 21.4 Å². The third-order valence-electron chi connectivity index (χ3n) is 4.42. The van der Waals surface area contributed by atoms with Gasteiger partial charge >= 0.3 is 0 Å². The molecule has 28 heavy (non-hydrogen) atoms. The van der Waals surface area contributed by atoms with Crippen LogP contribution in [0, 0.1) is 20.2 Å². The van der Waals surface area contributed by atoms with Gasteiger partial charge in [-0.05, 0) is 31.2 Å². The minimum atomic E-state index is -0.641. The van der Waals surface area contributed by atoms with Gasteiger partial charge in [0, 0.05) is 18.0 Å². The minimum absolute atomic E-state index is 0.299. The first kappa shape index (κ1) is 17.9. The first-order valence-corrected chi connectivity index (χ1v) is 9.29. The van der Waals surface area contributed by atoms with E-state index in [1.165, 1.54) is 23.9 Å². The number of nitro groups is 2. The smallest absolute Gasteiger partial charge is 0.283 e.